The van der Waals surface area contributed by atoms with Crippen molar-refractivity contribution in [3.8, 4) is 11.8 Å². The third-order valence-corrected chi connectivity index (χ3v) is 3.93. The summed E-state index contributed by atoms with van der Waals surface area (Å²) in [4.78, 5) is 4.22. The Labute approximate surface area is 158 Å². The number of ether oxygens (including phenoxy) is 1. The van der Waals surface area contributed by atoms with Gasteiger partial charge in [0, 0.05) is 12.6 Å². The fourth-order valence-electron chi connectivity index (χ4n) is 2.50. The maximum Gasteiger partial charge on any atom is 0.232 e. The molecular weight excluding hydrogens is 338 g/mol. The minimum absolute atomic E-state index is 0.244. The summed E-state index contributed by atoms with van der Waals surface area (Å²) >= 11 is 0. The van der Waals surface area contributed by atoms with Gasteiger partial charge in [0.05, 0.1) is 6.61 Å². The van der Waals surface area contributed by atoms with Crippen molar-refractivity contribution in [2.45, 2.75) is 20.4 Å². The van der Waals surface area contributed by atoms with Crippen LogP contribution in [0.15, 0.2) is 52.9 Å². The van der Waals surface area contributed by atoms with Crippen LogP contribution in [0.1, 0.15) is 35.2 Å². The van der Waals surface area contributed by atoms with Crippen LogP contribution in [-0.2, 0) is 6.54 Å². The Hall–Kier alpha value is -3.52. The molecule has 0 aliphatic carbocycles. The SMILES string of the molecule is CCOc1ccc(C=Cc2nc(C#N)c(NCc3ccc(C)cc3)o2)cc1. The highest BCUT2D eigenvalue weighted by molar-refractivity contribution is 5.67. The van der Waals surface area contributed by atoms with Crippen LogP contribution in [0.2, 0.25) is 0 Å². The van der Waals surface area contributed by atoms with Gasteiger partial charge in [-0.05, 0) is 43.2 Å². The summed E-state index contributed by atoms with van der Waals surface area (Å²) in [6.07, 6.45) is 3.63. The van der Waals surface area contributed by atoms with E-state index in [0.29, 0.717) is 24.9 Å². The predicted octanol–water partition coefficient (Wildman–Crippen LogP) is 5.04. The van der Waals surface area contributed by atoms with E-state index in [-0.39, 0.29) is 5.69 Å². The van der Waals surface area contributed by atoms with Crippen molar-refractivity contribution in [1.82, 2.24) is 4.98 Å². The first kappa shape index (κ1) is 18.3. The van der Waals surface area contributed by atoms with E-state index in [2.05, 4.69) is 16.4 Å². The fraction of sp³-hybridized carbons (Fsp3) is 0.182. The number of nitrogens with zero attached hydrogens (tertiary/aromatic N) is 2. The molecule has 0 atom stereocenters. The van der Waals surface area contributed by atoms with E-state index in [4.69, 9.17) is 9.15 Å². The van der Waals surface area contributed by atoms with E-state index in [1.807, 2.05) is 68.5 Å². The summed E-state index contributed by atoms with van der Waals surface area (Å²) in [7, 11) is 0. The number of hydrogen-bond acceptors (Lipinski definition) is 5. The van der Waals surface area contributed by atoms with Gasteiger partial charge >= 0.3 is 0 Å². The molecule has 2 aromatic carbocycles. The smallest absolute Gasteiger partial charge is 0.232 e. The van der Waals surface area contributed by atoms with Gasteiger partial charge in [0.15, 0.2) is 0 Å². The van der Waals surface area contributed by atoms with Gasteiger partial charge in [-0.1, -0.05) is 42.0 Å². The van der Waals surface area contributed by atoms with Gasteiger partial charge < -0.3 is 14.5 Å². The van der Waals surface area contributed by atoms with Crippen molar-refractivity contribution in [3.05, 3.63) is 76.8 Å². The summed E-state index contributed by atoms with van der Waals surface area (Å²) in [5, 5.41) is 12.4. The molecule has 0 spiro atoms. The molecule has 5 heteroatoms. The maximum absolute atomic E-state index is 9.28. The van der Waals surface area contributed by atoms with E-state index in [9.17, 15) is 5.26 Å². The zero-order chi connectivity index (χ0) is 19.1. The number of benzene rings is 2. The molecule has 0 aliphatic rings. The molecule has 0 unspecified atom stereocenters. The molecule has 5 nitrogen and oxygen atoms in total. The lowest BCUT2D eigenvalue weighted by atomic mass is 10.1. The molecule has 0 saturated carbocycles. The summed E-state index contributed by atoms with van der Waals surface area (Å²) in [5.41, 5.74) is 3.54. The first-order chi connectivity index (χ1) is 13.2. The molecule has 0 saturated heterocycles. The van der Waals surface area contributed by atoms with Gasteiger partial charge in [0.1, 0.15) is 11.8 Å². The Morgan fingerprint density at radius 1 is 1.11 bits per heavy atom. The number of nitrogens with one attached hydrogen (secondary N) is 1. The van der Waals surface area contributed by atoms with Crippen molar-refractivity contribution in [3.63, 3.8) is 0 Å². The summed E-state index contributed by atoms with van der Waals surface area (Å²) in [6.45, 7) is 5.20. The van der Waals surface area contributed by atoms with E-state index < -0.39 is 0 Å². The lowest BCUT2D eigenvalue weighted by Crippen LogP contribution is -1.99. The first-order valence-corrected chi connectivity index (χ1v) is 8.79. The fourth-order valence-corrected chi connectivity index (χ4v) is 2.50. The highest BCUT2D eigenvalue weighted by Crippen LogP contribution is 2.20. The van der Waals surface area contributed by atoms with Crippen molar-refractivity contribution in [2.75, 3.05) is 11.9 Å². The number of oxazole rings is 1. The second-order valence-corrected chi connectivity index (χ2v) is 6.02. The number of nitriles is 1. The number of aromatic nitrogens is 1. The van der Waals surface area contributed by atoms with Crippen LogP contribution >= 0.6 is 0 Å². The van der Waals surface area contributed by atoms with Crippen LogP contribution in [0.25, 0.3) is 12.2 Å². The van der Waals surface area contributed by atoms with Gasteiger partial charge in [-0.3, -0.25) is 0 Å². The van der Waals surface area contributed by atoms with Crippen LogP contribution in [0, 0.1) is 18.3 Å². The van der Waals surface area contributed by atoms with Crippen molar-refractivity contribution < 1.29 is 9.15 Å². The molecule has 0 radical (unpaired) electrons. The van der Waals surface area contributed by atoms with Crippen molar-refractivity contribution >= 4 is 18.0 Å². The summed E-state index contributed by atoms with van der Waals surface area (Å²) < 4.78 is 11.1. The van der Waals surface area contributed by atoms with Crippen LogP contribution in [0.5, 0.6) is 5.75 Å². The largest absolute Gasteiger partial charge is 0.494 e. The molecule has 0 aliphatic heterocycles. The average molecular weight is 359 g/mol. The second kappa shape index (κ2) is 8.72. The molecule has 0 amide bonds. The van der Waals surface area contributed by atoms with E-state index >= 15 is 0 Å². The van der Waals surface area contributed by atoms with Crippen LogP contribution in [-0.4, -0.2) is 11.6 Å². The highest BCUT2D eigenvalue weighted by atomic mass is 16.5. The minimum atomic E-state index is 0.244. The monoisotopic (exact) mass is 359 g/mol. The third-order valence-electron chi connectivity index (χ3n) is 3.93. The molecule has 1 aromatic heterocycles. The zero-order valence-electron chi connectivity index (χ0n) is 15.4. The zero-order valence-corrected chi connectivity index (χ0v) is 15.4. The Morgan fingerprint density at radius 3 is 2.52 bits per heavy atom. The molecule has 3 rings (SSSR count). The molecular formula is C22H21N3O2. The third kappa shape index (κ3) is 4.99. The van der Waals surface area contributed by atoms with Crippen molar-refractivity contribution in [2.24, 2.45) is 0 Å². The molecule has 1 heterocycles. The van der Waals surface area contributed by atoms with Crippen molar-refractivity contribution in [1.29, 1.82) is 5.26 Å². The Bertz CT molecular complexity index is 949. The van der Waals surface area contributed by atoms with Crippen LogP contribution in [0.3, 0.4) is 0 Å². The van der Waals surface area contributed by atoms with Gasteiger partial charge in [-0.25, -0.2) is 0 Å². The van der Waals surface area contributed by atoms with Crippen LogP contribution < -0.4 is 10.1 Å². The van der Waals surface area contributed by atoms with E-state index in [0.717, 1.165) is 16.9 Å². The summed E-state index contributed by atoms with van der Waals surface area (Å²) in [5.74, 6) is 1.59. The molecule has 27 heavy (non-hydrogen) atoms. The number of anilines is 1. The number of hydrogen-bond donors (Lipinski definition) is 1. The molecule has 1 N–H and O–H groups in total. The number of rotatable bonds is 7. The van der Waals surface area contributed by atoms with E-state index in [1.54, 1.807) is 6.08 Å². The minimum Gasteiger partial charge on any atom is -0.494 e. The first-order valence-electron chi connectivity index (χ1n) is 8.79. The van der Waals surface area contributed by atoms with Gasteiger partial charge in [0.2, 0.25) is 17.5 Å². The lowest BCUT2D eigenvalue weighted by molar-refractivity contribution is 0.340. The standard InChI is InChI=1S/C22H21N3O2/c1-3-26-19-11-8-17(9-12-19)10-13-21-25-20(14-23)22(27-21)24-15-18-6-4-16(2)5-7-18/h4-13,24H,3,15H2,1-2H3. The molecule has 136 valence electrons. The number of aryl methyl sites for hydroxylation is 1. The average Bonchev–Trinajstić information content (AvgIpc) is 3.09. The topological polar surface area (TPSA) is 71.1 Å². The second-order valence-electron chi connectivity index (χ2n) is 6.02. The predicted molar refractivity (Wildman–Crippen MR) is 106 cm³/mol. The quantitative estimate of drug-likeness (QED) is 0.640. The van der Waals surface area contributed by atoms with Gasteiger partial charge in [-0.15, -0.1) is 0 Å². The molecule has 0 bridgehead atoms. The maximum atomic E-state index is 9.28. The Balaban J connectivity index is 1.68. The Kier molecular flexibility index (Phi) is 5.91. The highest BCUT2D eigenvalue weighted by Gasteiger charge is 2.11. The van der Waals surface area contributed by atoms with Crippen LogP contribution in [0.4, 0.5) is 5.88 Å². The summed E-state index contributed by atoms with van der Waals surface area (Å²) in [6, 6.07) is 18.0. The van der Waals surface area contributed by atoms with Gasteiger partial charge in [-0.2, -0.15) is 10.2 Å². The van der Waals surface area contributed by atoms with Gasteiger partial charge in [0.25, 0.3) is 0 Å². The lowest BCUT2D eigenvalue weighted by Gasteiger charge is -2.03. The van der Waals surface area contributed by atoms with E-state index in [1.165, 1.54) is 5.56 Å². The normalized spacial score (nSPS) is 10.7. The molecule has 3 aromatic rings. The molecule has 0 fully saturated rings. The Morgan fingerprint density at radius 2 is 1.85 bits per heavy atom.